The Labute approximate surface area is 171 Å². The van der Waals surface area contributed by atoms with E-state index in [4.69, 9.17) is 4.74 Å². The number of rotatable bonds is 6. The van der Waals surface area contributed by atoms with Crippen LogP contribution in [0.15, 0.2) is 58.7 Å². The Morgan fingerprint density at radius 1 is 1.24 bits per heavy atom. The van der Waals surface area contributed by atoms with Crippen LogP contribution in [0.25, 0.3) is 5.69 Å². The highest BCUT2D eigenvalue weighted by atomic mass is 32.1. The molecule has 2 aromatic heterocycles. The van der Waals surface area contributed by atoms with E-state index >= 15 is 0 Å². The molecule has 1 saturated heterocycles. The zero-order valence-electron chi connectivity index (χ0n) is 15.7. The van der Waals surface area contributed by atoms with Gasteiger partial charge in [0, 0.05) is 24.1 Å². The fourth-order valence-electron chi connectivity index (χ4n) is 3.30. The van der Waals surface area contributed by atoms with Crippen molar-refractivity contribution in [3.8, 4) is 5.69 Å². The Kier molecular flexibility index (Phi) is 5.82. The van der Waals surface area contributed by atoms with Gasteiger partial charge in [0.05, 0.1) is 18.3 Å². The van der Waals surface area contributed by atoms with Crippen LogP contribution in [0.4, 0.5) is 4.39 Å². The van der Waals surface area contributed by atoms with Crippen LogP contribution in [-0.4, -0.2) is 39.8 Å². The van der Waals surface area contributed by atoms with Crippen molar-refractivity contribution >= 4 is 17.2 Å². The Balaban J connectivity index is 1.63. The third kappa shape index (κ3) is 4.60. The third-order valence-corrected chi connectivity index (χ3v) is 5.61. The molecular formula is C21H20FN3O3S. The van der Waals surface area contributed by atoms with Gasteiger partial charge in [-0.2, -0.15) is 9.78 Å². The summed E-state index contributed by atoms with van der Waals surface area (Å²) in [6.45, 7) is 1.63. The van der Waals surface area contributed by atoms with E-state index in [1.807, 2.05) is 17.5 Å². The summed E-state index contributed by atoms with van der Waals surface area (Å²) < 4.78 is 20.0. The van der Waals surface area contributed by atoms with Crippen molar-refractivity contribution in [1.82, 2.24) is 14.7 Å². The lowest BCUT2D eigenvalue weighted by molar-refractivity contribution is 0.0503. The molecule has 1 aliphatic rings. The van der Waals surface area contributed by atoms with E-state index in [1.165, 1.54) is 36.4 Å². The normalized spacial score (nSPS) is 16.1. The van der Waals surface area contributed by atoms with Crippen molar-refractivity contribution in [1.29, 1.82) is 0 Å². The van der Waals surface area contributed by atoms with Crippen LogP contribution < -0.4 is 5.56 Å². The Hall–Kier alpha value is -2.84. The van der Waals surface area contributed by atoms with Gasteiger partial charge in [-0.05, 0) is 54.6 Å². The SMILES string of the molecule is O=C(c1ccc(=O)n(-c2ccc(F)cc2)n1)N(Cc1cccs1)CC1CCCO1. The summed E-state index contributed by atoms with van der Waals surface area (Å²) in [6, 6.07) is 12.1. The van der Waals surface area contributed by atoms with E-state index in [-0.39, 0.29) is 17.7 Å². The maximum Gasteiger partial charge on any atom is 0.274 e. The van der Waals surface area contributed by atoms with Crippen molar-refractivity contribution < 1.29 is 13.9 Å². The number of amides is 1. The zero-order chi connectivity index (χ0) is 20.2. The van der Waals surface area contributed by atoms with E-state index in [0.29, 0.717) is 25.4 Å². The van der Waals surface area contributed by atoms with Gasteiger partial charge in [0.25, 0.3) is 11.5 Å². The van der Waals surface area contributed by atoms with Gasteiger partial charge < -0.3 is 9.64 Å². The van der Waals surface area contributed by atoms with Crippen LogP contribution in [0.3, 0.4) is 0 Å². The number of benzene rings is 1. The number of ether oxygens (including phenoxy) is 1. The van der Waals surface area contributed by atoms with E-state index < -0.39 is 11.4 Å². The molecule has 0 radical (unpaired) electrons. The molecular weight excluding hydrogens is 393 g/mol. The quantitative estimate of drug-likeness (QED) is 0.622. The molecule has 1 aliphatic heterocycles. The average molecular weight is 413 g/mol. The summed E-state index contributed by atoms with van der Waals surface area (Å²) in [6.07, 6.45) is 1.90. The highest BCUT2D eigenvalue weighted by molar-refractivity contribution is 7.09. The van der Waals surface area contributed by atoms with E-state index in [1.54, 1.807) is 16.2 Å². The molecule has 150 valence electrons. The first-order valence-corrected chi connectivity index (χ1v) is 10.3. The molecule has 1 amide bonds. The topological polar surface area (TPSA) is 64.4 Å². The van der Waals surface area contributed by atoms with Crippen molar-refractivity contribution in [2.24, 2.45) is 0 Å². The van der Waals surface area contributed by atoms with Crippen LogP contribution >= 0.6 is 11.3 Å². The number of hydrogen-bond donors (Lipinski definition) is 0. The minimum atomic E-state index is -0.410. The fourth-order valence-corrected chi connectivity index (χ4v) is 4.02. The molecule has 6 nitrogen and oxygen atoms in total. The maximum absolute atomic E-state index is 13.2. The van der Waals surface area contributed by atoms with Crippen LogP contribution in [0.1, 0.15) is 28.2 Å². The first-order chi connectivity index (χ1) is 14.1. The number of carbonyl (C=O) groups excluding carboxylic acids is 1. The van der Waals surface area contributed by atoms with Crippen LogP contribution in [0, 0.1) is 5.82 Å². The number of aromatic nitrogens is 2. The summed E-state index contributed by atoms with van der Waals surface area (Å²) >= 11 is 1.58. The predicted molar refractivity (Wildman–Crippen MR) is 108 cm³/mol. The Morgan fingerprint density at radius 3 is 2.76 bits per heavy atom. The number of carbonyl (C=O) groups is 1. The molecule has 4 rings (SSSR count). The highest BCUT2D eigenvalue weighted by Gasteiger charge is 2.25. The van der Waals surface area contributed by atoms with E-state index in [9.17, 15) is 14.0 Å². The van der Waals surface area contributed by atoms with Gasteiger partial charge in [-0.25, -0.2) is 4.39 Å². The second-order valence-corrected chi connectivity index (χ2v) is 7.88. The third-order valence-electron chi connectivity index (χ3n) is 4.75. The average Bonchev–Trinajstić information content (AvgIpc) is 3.42. The Bertz CT molecular complexity index is 1030. The zero-order valence-corrected chi connectivity index (χ0v) is 16.5. The molecule has 1 aromatic carbocycles. The smallest absolute Gasteiger partial charge is 0.274 e. The molecule has 0 N–H and O–H groups in total. The highest BCUT2D eigenvalue weighted by Crippen LogP contribution is 2.19. The van der Waals surface area contributed by atoms with Crippen molar-refractivity contribution in [3.05, 3.63) is 80.7 Å². The van der Waals surface area contributed by atoms with Crippen LogP contribution in [-0.2, 0) is 11.3 Å². The van der Waals surface area contributed by atoms with E-state index in [0.717, 1.165) is 22.4 Å². The summed E-state index contributed by atoms with van der Waals surface area (Å²) in [4.78, 5) is 28.3. The minimum absolute atomic E-state index is 0.00177. The molecule has 0 saturated carbocycles. The minimum Gasteiger partial charge on any atom is -0.376 e. The van der Waals surface area contributed by atoms with Gasteiger partial charge in [0.1, 0.15) is 11.5 Å². The van der Waals surface area contributed by atoms with Crippen molar-refractivity contribution in [3.63, 3.8) is 0 Å². The number of halogens is 1. The standard InChI is InChI=1S/C21H20FN3O3S/c22-15-5-7-16(8-6-15)25-20(26)10-9-19(23-25)21(27)24(13-17-3-1-11-28-17)14-18-4-2-12-29-18/h2,4-10,12,17H,1,3,11,13-14H2. The largest absolute Gasteiger partial charge is 0.376 e. The van der Waals surface area contributed by atoms with Crippen molar-refractivity contribution in [2.45, 2.75) is 25.5 Å². The Morgan fingerprint density at radius 2 is 2.07 bits per heavy atom. The lowest BCUT2D eigenvalue weighted by Crippen LogP contribution is -2.38. The second kappa shape index (κ2) is 8.67. The van der Waals surface area contributed by atoms with Gasteiger partial charge in [0.15, 0.2) is 0 Å². The lowest BCUT2D eigenvalue weighted by atomic mass is 10.2. The van der Waals surface area contributed by atoms with Gasteiger partial charge in [-0.1, -0.05) is 6.07 Å². The fraction of sp³-hybridized carbons (Fsp3) is 0.286. The van der Waals surface area contributed by atoms with Crippen molar-refractivity contribution in [2.75, 3.05) is 13.2 Å². The van der Waals surface area contributed by atoms with Crippen LogP contribution in [0.2, 0.25) is 0 Å². The molecule has 0 spiro atoms. The van der Waals surface area contributed by atoms with Gasteiger partial charge in [-0.3, -0.25) is 9.59 Å². The monoisotopic (exact) mass is 413 g/mol. The van der Waals surface area contributed by atoms with Gasteiger partial charge in [-0.15, -0.1) is 11.3 Å². The van der Waals surface area contributed by atoms with Gasteiger partial charge in [0.2, 0.25) is 0 Å². The molecule has 0 bridgehead atoms. The number of nitrogens with zero attached hydrogens (tertiary/aromatic N) is 3. The van der Waals surface area contributed by atoms with E-state index in [2.05, 4.69) is 5.10 Å². The first-order valence-electron chi connectivity index (χ1n) is 9.40. The molecule has 0 aliphatic carbocycles. The molecule has 3 heterocycles. The summed E-state index contributed by atoms with van der Waals surface area (Å²) in [5, 5.41) is 6.22. The molecule has 29 heavy (non-hydrogen) atoms. The maximum atomic E-state index is 13.2. The predicted octanol–water partition coefficient (Wildman–Crippen LogP) is 3.25. The molecule has 1 atom stereocenters. The first kappa shape index (κ1) is 19.5. The molecule has 3 aromatic rings. The molecule has 8 heteroatoms. The van der Waals surface area contributed by atoms with Gasteiger partial charge >= 0.3 is 0 Å². The summed E-state index contributed by atoms with van der Waals surface area (Å²) in [7, 11) is 0. The number of thiophene rings is 1. The molecule has 1 fully saturated rings. The lowest BCUT2D eigenvalue weighted by Gasteiger charge is -2.25. The second-order valence-electron chi connectivity index (χ2n) is 6.85. The summed E-state index contributed by atoms with van der Waals surface area (Å²) in [5.41, 5.74) is 0.163. The number of hydrogen-bond acceptors (Lipinski definition) is 5. The molecule has 1 unspecified atom stereocenters. The summed E-state index contributed by atoms with van der Waals surface area (Å²) in [5.74, 6) is -0.683. The van der Waals surface area contributed by atoms with Crippen LogP contribution in [0.5, 0.6) is 0 Å².